The molecule has 1 aliphatic carbocycles. The minimum Gasteiger partial charge on any atom is -0.354 e. The highest BCUT2D eigenvalue weighted by Crippen LogP contribution is 2.51. The van der Waals surface area contributed by atoms with Crippen molar-refractivity contribution in [2.24, 2.45) is 0 Å². The summed E-state index contributed by atoms with van der Waals surface area (Å²) in [6, 6.07) is 9.04. The van der Waals surface area contributed by atoms with E-state index in [1.165, 1.54) is 12.1 Å². The standard InChI is InChI=1S/C29H27F4N7/c1-4-5-22(40-15-14-34-19(40)3)16-18(2)17-35-27-37-24-11-10-23(20-6-8-21(30)9-7-20)36-25(24)26(38-27)39-28(12-13-28)29(31,32)33/h4-11,14-16H,2,12-13,17H2,1,3H3,(H2,35,37,38,39). The van der Waals surface area contributed by atoms with Gasteiger partial charge in [0.2, 0.25) is 5.95 Å². The molecule has 0 amide bonds. The summed E-state index contributed by atoms with van der Waals surface area (Å²) >= 11 is 0. The molecule has 0 spiro atoms. The summed E-state index contributed by atoms with van der Waals surface area (Å²) in [5, 5.41) is 5.69. The van der Waals surface area contributed by atoms with Gasteiger partial charge in [-0.15, -0.1) is 0 Å². The number of alkyl halides is 3. The molecule has 0 saturated heterocycles. The Bertz CT molecular complexity index is 1610. The van der Waals surface area contributed by atoms with Crippen LogP contribution in [0.3, 0.4) is 0 Å². The number of benzene rings is 1. The van der Waals surface area contributed by atoms with Crippen molar-refractivity contribution in [2.75, 3.05) is 17.2 Å². The first-order valence-corrected chi connectivity index (χ1v) is 12.6. The summed E-state index contributed by atoms with van der Waals surface area (Å²) in [4.78, 5) is 17.7. The Kier molecular flexibility index (Phi) is 7.14. The van der Waals surface area contributed by atoms with Crippen LogP contribution in [0.5, 0.6) is 0 Å². The molecule has 1 fully saturated rings. The monoisotopic (exact) mass is 549 g/mol. The number of nitrogens with one attached hydrogen (secondary N) is 2. The predicted molar refractivity (Wildman–Crippen MR) is 148 cm³/mol. The van der Waals surface area contributed by atoms with Gasteiger partial charge in [-0.25, -0.2) is 19.3 Å². The van der Waals surface area contributed by atoms with Crippen molar-refractivity contribution in [2.45, 2.75) is 38.4 Å². The van der Waals surface area contributed by atoms with Crippen LogP contribution in [0.1, 0.15) is 25.6 Å². The summed E-state index contributed by atoms with van der Waals surface area (Å²) in [5.41, 5.74) is 1.10. The maximum atomic E-state index is 13.8. The molecule has 0 unspecified atom stereocenters. The van der Waals surface area contributed by atoms with Gasteiger partial charge in [0, 0.05) is 30.2 Å². The zero-order valence-electron chi connectivity index (χ0n) is 21.9. The SMILES string of the molecule is C=C(C=C(C=CC)n1ccnc1C)CNc1nc(NC2(C(F)(F)F)CC2)c2nc(-c3ccc(F)cc3)ccc2n1. The second-order valence-corrected chi connectivity index (χ2v) is 9.60. The molecular formula is C29H27F4N7. The number of anilines is 2. The number of imidazole rings is 1. The number of fused-ring (bicyclic) bond motifs is 1. The topological polar surface area (TPSA) is 80.5 Å². The molecular weight excluding hydrogens is 522 g/mol. The van der Waals surface area contributed by atoms with E-state index < -0.39 is 17.5 Å². The lowest BCUT2D eigenvalue weighted by molar-refractivity contribution is -0.151. The van der Waals surface area contributed by atoms with E-state index in [2.05, 4.69) is 37.1 Å². The normalized spacial score (nSPS) is 15.0. The third-order valence-electron chi connectivity index (χ3n) is 6.60. The summed E-state index contributed by atoms with van der Waals surface area (Å²) < 4.78 is 56.8. The summed E-state index contributed by atoms with van der Waals surface area (Å²) in [5.74, 6) is 0.507. The van der Waals surface area contributed by atoms with Crippen molar-refractivity contribution in [3.05, 3.63) is 90.8 Å². The molecule has 1 aromatic carbocycles. The van der Waals surface area contributed by atoms with Gasteiger partial charge >= 0.3 is 6.18 Å². The summed E-state index contributed by atoms with van der Waals surface area (Å²) in [6.45, 7) is 8.14. The second kappa shape index (κ2) is 10.6. The molecule has 5 rings (SSSR count). The predicted octanol–water partition coefficient (Wildman–Crippen LogP) is 6.93. The average Bonchev–Trinajstić information content (AvgIpc) is 3.59. The van der Waals surface area contributed by atoms with E-state index in [0.717, 1.165) is 11.5 Å². The van der Waals surface area contributed by atoms with Gasteiger partial charge in [-0.2, -0.15) is 18.2 Å². The van der Waals surface area contributed by atoms with Crippen molar-refractivity contribution >= 4 is 28.5 Å². The molecule has 0 atom stereocenters. The third-order valence-corrected chi connectivity index (χ3v) is 6.60. The lowest BCUT2D eigenvalue weighted by atomic mass is 10.1. The van der Waals surface area contributed by atoms with Crippen LogP contribution in [-0.4, -0.2) is 42.8 Å². The van der Waals surface area contributed by atoms with Crippen molar-refractivity contribution < 1.29 is 17.6 Å². The van der Waals surface area contributed by atoms with E-state index >= 15 is 0 Å². The first-order chi connectivity index (χ1) is 19.1. The maximum Gasteiger partial charge on any atom is 0.411 e. The van der Waals surface area contributed by atoms with Crippen LogP contribution in [0.4, 0.5) is 29.3 Å². The van der Waals surface area contributed by atoms with Crippen LogP contribution in [0.15, 0.2) is 79.2 Å². The number of rotatable bonds is 9. The number of hydrogen-bond acceptors (Lipinski definition) is 6. The Balaban J connectivity index is 1.46. The molecule has 1 saturated carbocycles. The van der Waals surface area contributed by atoms with Gasteiger partial charge in [0.25, 0.3) is 0 Å². The number of aryl methyl sites for hydroxylation is 1. The quantitative estimate of drug-likeness (QED) is 0.174. The zero-order chi connectivity index (χ0) is 28.5. The molecule has 2 N–H and O–H groups in total. The van der Waals surface area contributed by atoms with Gasteiger partial charge in [-0.05, 0) is 80.8 Å². The van der Waals surface area contributed by atoms with E-state index in [4.69, 9.17) is 0 Å². The molecule has 0 radical (unpaired) electrons. The second-order valence-electron chi connectivity index (χ2n) is 9.60. The highest BCUT2D eigenvalue weighted by Gasteiger charge is 2.64. The van der Waals surface area contributed by atoms with Crippen LogP contribution < -0.4 is 10.6 Å². The molecule has 4 aromatic rings. The lowest BCUT2D eigenvalue weighted by Gasteiger charge is -2.22. The number of hydrogen-bond donors (Lipinski definition) is 2. The molecule has 0 aliphatic heterocycles. The molecule has 0 bridgehead atoms. The number of allylic oxidation sites excluding steroid dienone is 3. The Hall–Kier alpha value is -4.54. The molecule has 3 heterocycles. The van der Waals surface area contributed by atoms with E-state index in [-0.39, 0.29) is 36.7 Å². The lowest BCUT2D eigenvalue weighted by Crippen LogP contribution is -2.39. The van der Waals surface area contributed by atoms with Crippen molar-refractivity contribution in [1.82, 2.24) is 24.5 Å². The average molecular weight is 550 g/mol. The van der Waals surface area contributed by atoms with Gasteiger partial charge in [0.1, 0.15) is 22.7 Å². The number of halogens is 4. The van der Waals surface area contributed by atoms with Crippen molar-refractivity contribution in [3.8, 4) is 11.3 Å². The fourth-order valence-electron chi connectivity index (χ4n) is 4.27. The smallest absolute Gasteiger partial charge is 0.354 e. The molecule has 7 nitrogen and oxygen atoms in total. The van der Waals surface area contributed by atoms with Crippen LogP contribution in [0.2, 0.25) is 0 Å². The van der Waals surface area contributed by atoms with Crippen LogP contribution >= 0.6 is 0 Å². The van der Waals surface area contributed by atoms with Gasteiger partial charge in [0.15, 0.2) is 5.82 Å². The Labute approximate surface area is 228 Å². The Morgan fingerprint density at radius 1 is 1.10 bits per heavy atom. The van der Waals surface area contributed by atoms with E-state index in [1.54, 1.807) is 30.5 Å². The van der Waals surface area contributed by atoms with E-state index in [9.17, 15) is 17.6 Å². The summed E-state index contributed by atoms with van der Waals surface area (Å²) in [7, 11) is 0. The van der Waals surface area contributed by atoms with Crippen LogP contribution in [0.25, 0.3) is 28.0 Å². The van der Waals surface area contributed by atoms with Gasteiger partial charge in [-0.1, -0.05) is 12.7 Å². The van der Waals surface area contributed by atoms with Crippen molar-refractivity contribution in [1.29, 1.82) is 0 Å². The van der Waals surface area contributed by atoms with Crippen LogP contribution in [0, 0.1) is 12.7 Å². The summed E-state index contributed by atoms with van der Waals surface area (Å²) in [6.07, 6.45) is 4.66. The maximum absolute atomic E-state index is 13.8. The molecule has 40 heavy (non-hydrogen) atoms. The number of pyridine rings is 1. The fraction of sp³-hybridized carbons (Fsp3) is 0.241. The minimum absolute atomic E-state index is 0.0314. The number of nitrogens with zero attached hydrogens (tertiary/aromatic N) is 5. The molecule has 206 valence electrons. The first-order valence-electron chi connectivity index (χ1n) is 12.6. The first kappa shape index (κ1) is 27.0. The van der Waals surface area contributed by atoms with Crippen LogP contribution in [-0.2, 0) is 0 Å². The Morgan fingerprint density at radius 2 is 1.85 bits per heavy atom. The Morgan fingerprint density at radius 3 is 2.48 bits per heavy atom. The van der Waals surface area contributed by atoms with Gasteiger partial charge in [0.05, 0.1) is 11.2 Å². The zero-order valence-corrected chi connectivity index (χ0v) is 21.9. The molecule has 11 heteroatoms. The fourth-order valence-corrected chi connectivity index (χ4v) is 4.27. The highest BCUT2D eigenvalue weighted by atomic mass is 19.4. The third kappa shape index (κ3) is 5.58. The largest absolute Gasteiger partial charge is 0.411 e. The van der Waals surface area contributed by atoms with E-state index in [1.807, 2.05) is 42.8 Å². The van der Waals surface area contributed by atoms with Gasteiger partial charge < -0.3 is 15.2 Å². The van der Waals surface area contributed by atoms with E-state index in [0.29, 0.717) is 22.3 Å². The van der Waals surface area contributed by atoms with Crippen molar-refractivity contribution in [3.63, 3.8) is 0 Å². The number of aromatic nitrogens is 5. The van der Waals surface area contributed by atoms with Gasteiger partial charge in [-0.3, -0.25) is 0 Å². The minimum atomic E-state index is -4.46. The molecule has 3 aromatic heterocycles. The highest BCUT2D eigenvalue weighted by molar-refractivity contribution is 5.88. The molecule has 1 aliphatic rings.